The normalized spacial score (nSPS) is 15.4. The summed E-state index contributed by atoms with van der Waals surface area (Å²) in [5.41, 5.74) is 3.02. The Kier molecular flexibility index (Phi) is 7.92. The first-order chi connectivity index (χ1) is 14.4. The average Bonchev–Trinajstić information content (AvgIpc) is 2.75. The molecule has 1 atom stereocenters. The quantitative estimate of drug-likeness (QED) is 0.672. The summed E-state index contributed by atoms with van der Waals surface area (Å²) >= 11 is 6.01. The van der Waals surface area contributed by atoms with E-state index >= 15 is 0 Å². The van der Waals surface area contributed by atoms with E-state index in [1.165, 1.54) is 6.42 Å². The summed E-state index contributed by atoms with van der Waals surface area (Å²) < 4.78 is 0. The molecule has 30 heavy (non-hydrogen) atoms. The zero-order valence-electron chi connectivity index (χ0n) is 17.9. The summed E-state index contributed by atoms with van der Waals surface area (Å²) in [5.74, 6) is -0.125. The van der Waals surface area contributed by atoms with Crippen molar-refractivity contribution in [1.82, 2.24) is 10.2 Å². The van der Waals surface area contributed by atoms with Gasteiger partial charge >= 0.3 is 0 Å². The lowest BCUT2D eigenvalue weighted by molar-refractivity contribution is -0.140. The van der Waals surface area contributed by atoms with E-state index in [1.807, 2.05) is 62.4 Å². The maximum atomic E-state index is 13.3. The van der Waals surface area contributed by atoms with Crippen molar-refractivity contribution in [3.63, 3.8) is 0 Å². The number of nitrogens with one attached hydrogen (secondary N) is 1. The first-order valence-corrected chi connectivity index (χ1v) is 11.2. The van der Waals surface area contributed by atoms with Crippen molar-refractivity contribution in [2.45, 2.75) is 71.0 Å². The molecule has 0 unspecified atom stereocenters. The van der Waals surface area contributed by atoms with Gasteiger partial charge in [-0.3, -0.25) is 9.59 Å². The van der Waals surface area contributed by atoms with Gasteiger partial charge in [0, 0.05) is 17.6 Å². The van der Waals surface area contributed by atoms with Gasteiger partial charge in [-0.2, -0.15) is 0 Å². The summed E-state index contributed by atoms with van der Waals surface area (Å²) in [7, 11) is 0. The molecule has 2 amide bonds. The molecule has 1 N–H and O–H groups in total. The third-order valence-corrected chi connectivity index (χ3v) is 6.24. The van der Waals surface area contributed by atoms with E-state index in [0.29, 0.717) is 11.6 Å². The van der Waals surface area contributed by atoms with Crippen LogP contribution in [0.4, 0.5) is 0 Å². The fraction of sp³-hybridized carbons (Fsp3) is 0.440. The molecule has 2 aromatic rings. The maximum Gasteiger partial charge on any atom is 0.242 e. The molecule has 2 aromatic carbocycles. The molecule has 0 radical (unpaired) electrons. The van der Waals surface area contributed by atoms with Crippen molar-refractivity contribution >= 4 is 23.4 Å². The van der Waals surface area contributed by atoms with Crippen molar-refractivity contribution in [3.05, 3.63) is 70.2 Å². The topological polar surface area (TPSA) is 49.4 Å². The highest BCUT2D eigenvalue weighted by molar-refractivity contribution is 6.30. The number of hydrogen-bond donors (Lipinski definition) is 1. The van der Waals surface area contributed by atoms with Gasteiger partial charge in [0.15, 0.2) is 0 Å². The Balaban J connectivity index is 1.76. The van der Waals surface area contributed by atoms with Crippen LogP contribution in [0.1, 0.15) is 55.7 Å². The number of carbonyl (C=O) groups excluding carboxylic acids is 2. The fourth-order valence-corrected chi connectivity index (χ4v) is 4.14. The van der Waals surface area contributed by atoms with Crippen LogP contribution in [-0.2, 0) is 22.6 Å². The van der Waals surface area contributed by atoms with Crippen LogP contribution in [0.25, 0.3) is 0 Å². The third-order valence-electron chi connectivity index (χ3n) is 5.99. The molecule has 160 valence electrons. The average molecular weight is 427 g/mol. The number of nitrogens with zero attached hydrogens (tertiary/aromatic N) is 1. The predicted octanol–water partition coefficient (Wildman–Crippen LogP) is 5.06. The summed E-state index contributed by atoms with van der Waals surface area (Å²) in [6.07, 6.45) is 5.86. The standard InChI is InChI=1S/C25H31ClN2O2/c1-18-8-6-7-9-21(18)16-24(29)28(17-20-12-14-22(26)15-13-20)19(2)25(30)27-23-10-4-3-5-11-23/h6-9,12-15,19,23H,3-5,10-11,16-17H2,1-2H3,(H,27,30)/t19-/m1/s1. The minimum absolute atomic E-state index is 0.0504. The van der Waals surface area contributed by atoms with Crippen LogP contribution in [0.2, 0.25) is 5.02 Å². The summed E-state index contributed by atoms with van der Waals surface area (Å²) in [5, 5.41) is 3.82. The lowest BCUT2D eigenvalue weighted by atomic mass is 9.95. The zero-order valence-corrected chi connectivity index (χ0v) is 18.6. The molecule has 1 aliphatic carbocycles. The molecule has 3 rings (SSSR count). The lowest BCUT2D eigenvalue weighted by Gasteiger charge is -2.31. The third kappa shape index (κ3) is 6.09. The van der Waals surface area contributed by atoms with Gasteiger partial charge < -0.3 is 10.2 Å². The van der Waals surface area contributed by atoms with Crippen molar-refractivity contribution in [3.8, 4) is 0 Å². The van der Waals surface area contributed by atoms with E-state index in [4.69, 9.17) is 11.6 Å². The molecule has 1 saturated carbocycles. The lowest BCUT2D eigenvalue weighted by Crippen LogP contribution is -2.50. The van der Waals surface area contributed by atoms with Gasteiger partial charge in [0.25, 0.3) is 0 Å². The fourth-order valence-electron chi connectivity index (χ4n) is 4.01. The van der Waals surface area contributed by atoms with Crippen molar-refractivity contribution in [1.29, 1.82) is 0 Å². The summed E-state index contributed by atoms with van der Waals surface area (Å²) in [6, 6.07) is 15.0. The first-order valence-electron chi connectivity index (χ1n) is 10.8. The van der Waals surface area contributed by atoms with E-state index in [-0.39, 0.29) is 24.3 Å². The molecule has 0 aliphatic heterocycles. The van der Waals surface area contributed by atoms with E-state index in [0.717, 1.165) is 42.4 Å². The van der Waals surface area contributed by atoms with E-state index in [2.05, 4.69) is 5.32 Å². The largest absolute Gasteiger partial charge is 0.352 e. The van der Waals surface area contributed by atoms with Crippen LogP contribution in [0, 0.1) is 6.92 Å². The minimum Gasteiger partial charge on any atom is -0.352 e. The van der Waals surface area contributed by atoms with Crippen LogP contribution in [0.15, 0.2) is 48.5 Å². The molecular formula is C25H31ClN2O2. The van der Waals surface area contributed by atoms with Crippen LogP contribution in [-0.4, -0.2) is 28.8 Å². The number of rotatable bonds is 7. The van der Waals surface area contributed by atoms with Crippen molar-refractivity contribution in [2.75, 3.05) is 0 Å². The van der Waals surface area contributed by atoms with Crippen LogP contribution in [0.5, 0.6) is 0 Å². The molecule has 0 bridgehead atoms. The molecule has 1 aliphatic rings. The molecule has 5 heteroatoms. The van der Waals surface area contributed by atoms with E-state index in [9.17, 15) is 9.59 Å². The minimum atomic E-state index is -0.542. The number of hydrogen-bond acceptors (Lipinski definition) is 2. The van der Waals surface area contributed by atoms with E-state index < -0.39 is 6.04 Å². The Morgan fingerprint density at radius 2 is 1.73 bits per heavy atom. The second kappa shape index (κ2) is 10.6. The molecule has 0 saturated heterocycles. The smallest absolute Gasteiger partial charge is 0.242 e. The number of halogens is 1. The predicted molar refractivity (Wildman–Crippen MR) is 121 cm³/mol. The molecule has 0 spiro atoms. The van der Waals surface area contributed by atoms with Crippen LogP contribution < -0.4 is 5.32 Å². The molecular weight excluding hydrogens is 396 g/mol. The Bertz CT molecular complexity index is 860. The molecule has 0 heterocycles. The number of aryl methyl sites for hydroxylation is 1. The van der Waals surface area contributed by atoms with Crippen LogP contribution in [0.3, 0.4) is 0 Å². The Hall–Kier alpha value is -2.33. The number of carbonyl (C=O) groups is 2. The SMILES string of the molecule is Cc1ccccc1CC(=O)N(Cc1ccc(Cl)cc1)[C@H](C)C(=O)NC1CCCCC1. The second-order valence-corrected chi connectivity index (χ2v) is 8.71. The highest BCUT2D eigenvalue weighted by atomic mass is 35.5. The zero-order chi connectivity index (χ0) is 21.5. The van der Waals surface area contributed by atoms with Gasteiger partial charge in [-0.25, -0.2) is 0 Å². The first kappa shape index (κ1) is 22.4. The van der Waals surface area contributed by atoms with Gasteiger partial charge in [0.05, 0.1) is 6.42 Å². The number of amides is 2. The monoisotopic (exact) mass is 426 g/mol. The van der Waals surface area contributed by atoms with Crippen molar-refractivity contribution < 1.29 is 9.59 Å². The van der Waals surface area contributed by atoms with Gasteiger partial charge in [0.2, 0.25) is 11.8 Å². The molecule has 4 nitrogen and oxygen atoms in total. The summed E-state index contributed by atoms with van der Waals surface area (Å²) in [6.45, 7) is 4.20. The highest BCUT2D eigenvalue weighted by Gasteiger charge is 2.28. The maximum absolute atomic E-state index is 13.3. The van der Waals surface area contributed by atoms with Crippen molar-refractivity contribution in [2.24, 2.45) is 0 Å². The van der Waals surface area contributed by atoms with Gasteiger partial charge in [-0.1, -0.05) is 67.3 Å². The Labute approximate surface area is 184 Å². The van der Waals surface area contributed by atoms with Gasteiger partial charge in [-0.05, 0) is 55.5 Å². The second-order valence-electron chi connectivity index (χ2n) is 8.27. The molecule has 0 aromatic heterocycles. The number of benzene rings is 2. The van der Waals surface area contributed by atoms with Gasteiger partial charge in [0.1, 0.15) is 6.04 Å². The van der Waals surface area contributed by atoms with Gasteiger partial charge in [-0.15, -0.1) is 0 Å². The summed E-state index contributed by atoms with van der Waals surface area (Å²) in [4.78, 5) is 28.0. The molecule has 1 fully saturated rings. The highest BCUT2D eigenvalue weighted by Crippen LogP contribution is 2.19. The Morgan fingerprint density at radius 1 is 1.07 bits per heavy atom. The van der Waals surface area contributed by atoms with Crippen LogP contribution >= 0.6 is 11.6 Å². The Morgan fingerprint density at radius 3 is 2.40 bits per heavy atom. The van der Waals surface area contributed by atoms with E-state index in [1.54, 1.807) is 4.90 Å².